The fraction of sp³-hybridized carbons (Fsp3) is 0.682. The van der Waals surface area contributed by atoms with Gasteiger partial charge in [0.05, 0.1) is 5.92 Å². The van der Waals surface area contributed by atoms with Crippen LogP contribution in [0.2, 0.25) is 0 Å². The van der Waals surface area contributed by atoms with E-state index in [0.717, 1.165) is 45.1 Å². The molecule has 4 rings (SSSR count). The molecule has 2 amide bonds. The average Bonchev–Trinajstić information content (AvgIpc) is 3.26. The highest BCUT2D eigenvalue weighted by Gasteiger charge is 2.28. The third-order valence-electron chi connectivity index (χ3n) is 6.61. The molecule has 10 heteroatoms. The Morgan fingerprint density at radius 2 is 2.00 bits per heavy atom. The summed E-state index contributed by atoms with van der Waals surface area (Å²) in [5.74, 6) is -0.0710. The maximum atomic E-state index is 13.1. The van der Waals surface area contributed by atoms with E-state index in [4.69, 9.17) is 0 Å². The molecule has 2 aromatic heterocycles. The van der Waals surface area contributed by atoms with Crippen molar-refractivity contribution >= 4 is 38.6 Å². The van der Waals surface area contributed by atoms with Crippen LogP contribution in [0.3, 0.4) is 0 Å². The third kappa shape index (κ3) is 4.79. The number of amides is 2. The Balaban J connectivity index is 1.49. The summed E-state index contributed by atoms with van der Waals surface area (Å²) in [6.45, 7) is 3.92. The Bertz CT molecular complexity index is 1030. The number of fused-ring (bicyclic) bond motifs is 1. The van der Waals surface area contributed by atoms with Gasteiger partial charge in [0.1, 0.15) is 17.6 Å². The van der Waals surface area contributed by atoms with Crippen molar-refractivity contribution in [1.29, 1.82) is 0 Å². The van der Waals surface area contributed by atoms with Crippen LogP contribution in [0.15, 0.2) is 11.1 Å². The topological polar surface area (TPSA) is 100 Å². The van der Waals surface area contributed by atoms with Gasteiger partial charge in [-0.1, -0.05) is 30.6 Å². The lowest BCUT2D eigenvalue weighted by molar-refractivity contribution is -0.133. The Kier molecular flexibility index (Phi) is 7.07. The number of thiazole rings is 1. The van der Waals surface area contributed by atoms with Crippen molar-refractivity contribution in [3.63, 3.8) is 0 Å². The largest absolute Gasteiger partial charge is 0.356 e. The SMILES string of the molecule is CCNC(=O)C1CCCN(c2nc3ncn(CC(=O)N(C)C4CCCCC4)c(=O)c3s2)C1. The molecule has 1 unspecified atom stereocenters. The Morgan fingerprint density at radius 1 is 1.22 bits per heavy atom. The molecule has 1 saturated heterocycles. The third-order valence-corrected chi connectivity index (χ3v) is 7.70. The zero-order valence-corrected chi connectivity index (χ0v) is 19.7. The highest BCUT2D eigenvalue weighted by molar-refractivity contribution is 7.22. The number of likely N-dealkylation sites (N-methyl/N-ethyl adjacent to an activating group) is 1. The van der Waals surface area contributed by atoms with E-state index in [1.54, 1.807) is 4.90 Å². The van der Waals surface area contributed by atoms with E-state index in [-0.39, 0.29) is 35.9 Å². The molecule has 3 heterocycles. The van der Waals surface area contributed by atoms with Crippen molar-refractivity contribution in [3.05, 3.63) is 16.7 Å². The number of anilines is 1. The number of rotatable bonds is 6. The number of piperidine rings is 1. The van der Waals surface area contributed by atoms with Crippen molar-refractivity contribution in [1.82, 2.24) is 24.8 Å². The van der Waals surface area contributed by atoms with Crippen LogP contribution < -0.4 is 15.8 Å². The van der Waals surface area contributed by atoms with Gasteiger partial charge in [-0.3, -0.25) is 19.0 Å². The highest BCUT2D eigenvalue weighted by atomic mass is 32.1. The van der Waals surface area contributed by atoms with E-state index in [1.807, 2.05) is 14.0 Å². The first-order valence-electron chi connectivity index (χ1n) is 11.6. The molecule has 1 saturated carbocycles. The molecule has 2 aromatic rings. The van der Waals surface area contributed by atoms with E-state index in [1.165, 1.54) is 28.7 Å². The number of aromatic nitrogens is 3. The summed E-state index contributed by atoms with van der Waals surface area (Å²) < 4.78 is 1.84. The van der Waals surface area contributed by atoms with E-state index < -0.39 is 0 Å². The van der Waals surface area contributed by atoms with E-state index in [0.29, 0.717) is 28.6 Å². The number of carbonyl (C=O) groups excluding carboxylic acids is 2. The van der Waals surface area contributed by atoms with Gasteiger partial charge >= 0.3 is 0 Å². The minimum Gasteiger partial charge on any atom is -0.356 e. The zero-order valence-electron chi connectivity index (χ0n) is 18.9. The summed E-state index contributed by atoms with van der Waals surface area (Å²) >= 11 is 1.30. The van der Waals surface area contributed by atoms with Crippen molar-refractivity contribution < 1.29 is 9.59 Å². The molecule has 32 heavy (non-hydrogen) atoms. The number of nitrogens with one attached hydrogen (secondary N) is 1. The van der Waals surface area contributed by atoms with Crippen LogP contribution in [0.1, 0.15) is 51.9 Å². The average molecular weight is 461 g/mol. The van der Waals surface area contributed by atoms with Gasteiger partial charge in [0.25, 0.3) is 5.56 Å². The smallest absolute Gasteiger partial charge is 0.273 e. The predicted octanol–water partition coefficient (Wildman–Crippen LogP) is 2.00. The standard InChI is InChI=1S/C22H32N6O3S/c1-3-23-20(30)15-8-7-11-27(12-15)22-25-19-18(32-22)21(31)28(14-24-19)13-17(29)26(2)16-9-5-4-6-10-16/h14-16H,3-13H2,1-2H3,(H,23,30). The molecule has 1 atom stereocenters. The number of nitrogens with zero attached hydrogens (tertiary/aromatic N) is 5. The van der Waals surface area contributed by atoms with E-state index in [2.05, 4.69) is 20.2 Å². The van der Waals surface area contributed by atoms with Crippen LogP contribution in [-0.2, 0) is 16.1 Å². The van der Waals surface area contributed by atoms with Gasteiger partial charge in [0, 0.05) is 32.7 Å². The first-order valence-corrected chi connectivity index (χ1v) is 12.4. The summed E-state index contributed by atoms with van der Waals surface area (Å²) in [4.78, 5) is 50.9. The van der Waals surface area contributed by atoms with Gasteiger partial charge in [-0.25, -0.2) is 4.98 Å². The molecule has 2 aliphatic rings. The molecule has 1 aliphatic heterocycles. The number of carbonyl (C=O) groups is 2. The number of hydrogen-bond donors (Lipinski definition) is 1. The van der Waals surface area contributed by atoms with Gasteiger partial charge in [-0.05, 0) is 32.6 Å². The molecule has 0 aromatic carbocycles. The maximum Gasteiger partial charge on any atom is 0.273 e. The molecular weight excluding hydrogens is 428 g/mol. The van der Waals surface area contributed by atoms with Crippen LogP contribution >= 0.6 is 11.3 Å². The second kappa shape index (κ2) is 9.97. The van der Waals surface area contributed by atoms with Crippen molar-refractivity contribution in [2.45, 2.75) is 64.5 Å². The normalized spacial score (nSPS) is 19.8. The molecule has 2 fully saturated rings. The van der Waals surface area contributed by atoms with Crippen molar-refractivity contribution in [2.24, 2.45) is 5.92 Å². The first kappa shape index (κ1) is 22.7. The van der Waals surface area contributed by atoms with Gasteiger partial charge in [0.2, 0.25) is 11.8 Å². The lowest BCUT2D eigenvalue weighted by atomic mass is 9.94. The summed E-state index contributed by atoms with van der Waals surface area (Å²) in [6.07, 6.45) is 8.77. The van der Waals surface area contributed by atoms with Gasteiger partial charge in [-0.15, -0.1) is 0 Å². The van der Waals surface area contributed by atoms with Crippen molar-refractivity contribution in [3.8, 4) is 0 Å². The second-order valence-electron chi connectivity index (χ2n) is 8.80. The van der Waals surface area contributed by atoms with E-state index >= 15 is 0 Å². The lowest BCUT2D eigenvalue weighted by Gasteiger charge is -2.31. The fourth-order valence-electron chi connectivity index (χ4n) is 4.70. The predicted molar refractivity (Wildman–Crippen MR) is 125 cm³/mol. The molecule has 1 N–H and O–H groups in total. The minimum absolute atomic E-state index is 0.00894. The van der Waals surface area contributed by atoms with Gasteiger partial charge < -0.3 is 15.1 Å². The second-order valence-corrected chi connectivity index (χ2v) is 9.78. The van der Waals surface area contributed by atoms with Gasteiger partial charge in [-0.2, -0.15) is 4.98 Å². The fourth-order valence-corrected chi connectivity index (χ4v) is 5.70. The van der Waals surface area contributed by atoms with Crippen molar-refractivity contribution in [2.75, 3.05) is 31.6 Å². The van der Waals surface area contributed by atoms with Crippen LogP contribution in [0.25, 0.3) is 10.3 Å². The lowest BCUT2D eigenvalue weighted by Crippen LogP contribution is -2.43. The molecule has 0 radical (unpaired) electrons. The van der Waals surface area contributed by atoms with E-state index in [9.17, 15) is 14.4 Å². The monoisotopic (exact) mass is 460 g/mol. The summed E-state index contributed by atoms with van der Waals surface area (Å²) in [5, 5.41) is 3.61. The summed E-state index contributed by atoms with van der Waals surface area (Å²) in [5.41, 5.74) is 0.167. The molecule has 1 aliphatic carbocycles. The maximum absolute atomic E-state index is 13.1. The first-order chi connectivity index (χ1) is 15.5. The molecule has 0 bridgehead atoms. The Hall–Kier alpha value is -2.49. The molecule has 174 valence electrons. The quantitative estimate of drug-likeness (QED) is 0.708. The Morgan fingerprint density at radius 3 is 2.75 bits per heavy atom. The molecular formula is C22H32N6O3S. The summed E-state index contributed by atoms with van der Waals surface area (Å²) in [6, 6.07) is 0.260. The van der Waals surface area contributed by atoms with Gasteiger partial charge in [0.15, 0.2) is 10.8 Å². The van der Waals surface area contributed by atoms with Crippen LogP contribution in [0, 0.1) is 5.92 Å². The van der Waals surface area contributed by atoms with Crippen LogP contribution in [0.4, 0.5) is 5.13 Å². The number of hydrogen-bond acceptors (Lipinski definition) is 7. The molecule has 9 nitrogen and oxygen atoms in total. The zero-order chi connectivity index (χ0) is 22.7. The summed E-state index contributed by atoms with van der Waals surface area (Å²) in [7, 11) is 1.83. The van der Waals surface area contributed by atoms with Crippen LogP contribution in [-0.4, -0.2) is 64.0 Å². The minimum atomic E-state index is -0.235. The molecule has 0 spiro atoms. The highest BCUT2D eigenvalue weighted by Crippen LogP contribution is 2.29. The van der Waals surface area contributed by atoms with Crippen LogP contribution in [0.5, 0.6) is 0 Å². The Labute approximate surface area is 191 Å².